The van der Waals surface area contributed by atoms with Crippen molar-refractivity contribution in [3.05, 3.63) is 11.7 Å². The number of nitrogens with one attached hydrogen (secondary N) is 1. The van der Waals surface area contributed by atoms with Crippen molar-refractivity contribution < 1.29 is 4.52 Å². The smallest absolute Gasteiger partial charge is 0.243 e. The Labute approximate surface area is 70.3 Å². The summed E-state index contributed by atoms with van der Waals surface area (Å²) in [7, 11) is 0. The van der Waals surface area contributed by atoms with E-state index in [1.807, 2.05) is 0 Å². The summed E-state index contributed by atoms with van der Waals surface area (Å²) >= 11 is 0. The predicted octanol–water partition coefficient (Wildman–Crippen LogP) is -0.0472. The van der Waals surface area contributed by atoms with Gasteiger partial charge in [0.05, 0.1) is 12.6 Å². The molecule has 1 fully saturated rings. The van der Waals surface area contributed by atoms with Crippen LogP contribution in [0.5, 0.6) is 0 Å². The third-order valence-electron chi connectivity index (χ3n) is 2.02. The molecule has 2 heterocycles. The largest absolute Gasteiger partial charge is 0.338 e. The summed E-state index contributed by atoms with van der Waals surface area (Å²) in [5, 5.41) is 7.00. The molecule has 0 spiro atoms. The molecule has 12 heavy (non-hydrogen) atoms. The van der Waals surface area contributed by atoms with Gasteiger partial charge in [0, 0.05) is 0 Å². The van der Waals surface area contributed by atoms with Crippen LogP contribution < -0.4 is 11.1 Å². The van der Waals surface area contributed by atoms with Crippen LogP contribution in [-0.4, -0.2) is 16.7 Å². The first-order valence-electron chi connectivity index (χ1n) is 4.16. The molecule has 5 nitrogen and oxygen atoms in total. The topological polar surface area (TPSA) is 77.0 Å². The van der Waals surface area contributed by atoms with E-state index in [1.54, 1.807) is 0 Å². The van der Waals surface area contributed by atoms with E-state index in [-0.39, 0.29) is 6.04 Å². The fourth-order valence-electron chi connectivity index (χ4n) is 1.39. The van der Waals surface area contributed by atoms with Crippen LogP contribution in [0.1, 0.15) is 30.6 Å². The fourth-order valence-corrected chi connectivity index (χ4v) is 1.39. The van der Waals surface area contributed by atoms with E-state index in [2.05, 4.69) is 15.5 Å². The van der Waals surface area contributed by atoms with Crippen molar-refractivity contribution >= 4 is 0 Å². The van der Waals surface area contributed by atoms with Gasteiger partial charge >= 0.3 is 0 Å². The van der Waals surface area contributed by atoms with E-state index in [1.165, 1.54) is 6.42 Å². The molecular weight excluding hydrogens is 156 g/mol. The van der Waals surface area contributed by atoms with Crippen molar-refractivity contribution in [3.63, 3.8) is 0 Å². The molecule has 1 aromatic rings. The molecule has 0 radical (unpaired) electrons. The van der Waals surface area contributed by atoms with Gasteiger partial charge in [-0.2, -0.15) is 4.98 Å². The van der Waals surface area contributed by atoms with E-state index in [0.29, 0.717) is 18.3 Å². The van der Waals surface area contributed by atoms with Crippen molar-refractivity contribution in [1.82, 2.24) is 15.5 Å². The Balaban J connectivity index is 2.11. The molecule has 0 aromatic carbocycles. The Morgan fingerprint density at radius 2 is 2.58 bits per heavy atom. The van der Waals surface area contributed by atoms with Gasteiger partial charge in [-0.05, 0) is 19.4 Å². The average Bonchev–Trinajstić information content (AvgIpc) is 2.75. The first-order chi connectivity index (χ1) is 5.90. The minimum Gasteiger partial charge on any atom is -0.338 e. The number of rotatable bonds is 2. The van der Waals surface area contributed by atoms with Gasteiger partial charge in [-0.1, -0.05) is 5.16 Å². The van der Waals surface area contributed by atoms with Crippen molar-refractivity contribution in [3.8, 4) is 0 Å². The number of nitrogens with zero attached hydrogens (tertiary/aromatic N) is 2. The van der Waals surface area contributed by atoms with Crippen LogP contribution in [0, 0.1) is 0 Å². The second-order valence-electron chi connectivity index (χ2n) is 2.90. The second-order valence-corrected chi connectivity index (χ2v) is 2.90. The summed E-state index contributed by atoms with van der Waals surface area (Å²) in [5.74, 6) is 1.26. The Hall–Kier alpha value is -0.940. The van der Waals surface area contributed by atoms with Crippen molar-refractivity contribution in [2.75, 3.05) is 6.54 Å². The molecule has 2 rings (SSSR count). The summed E-state index contributed by atoms with van der Waals surface area (Å²) in [6.45, 7) is 1.38. The predicted molar refractivity (Wildman–Crippen MR) is 42.2 cm³/mol. The monoisotopic (exact) mass is 168 g/mol. The highest BCUT2D eigenvalue weighted by molar-refractivity contribution is 4.94. The Bertz CT molecular complexity index is 254. The van der Waals surface area contributed by atoms with Crippen LogP contribution in [0.25, 0.3) is 0 Å². The number of aromatic nitrogens is 2. The van der Waals surface area contributed by atoms with Gasteiger partial charge in [-0.3, -0.25) is 0 Å². The van der Waals surface area contributed by atoms with E-state index < -0.39 is 0 Å². The molecule has 1 saturated heterocycles. The van der Waals surface area contributed by atoms with Gasteiger partial charge < -0.3 is 15.6 Å². The summed E-state index contributed by atoms with van der Waals surface area (Å²) in [5.41, 5.74) is 5.36. The third-order valence-corrected chi connectivity index (χ3v) is 2.02. The quantitative estimate of drug-likeness (QED) is 0.647. The van der Waals surface area contributed by atoms with E-state index in [4.69, 9.17) is 10.3 Å². The van der Waals surface area contributed by atoms with Crippen LogP contribution in [0.4, 0.5) is 0 Å². The fraction of sp³-hybridized carbons (Fsp3) is 0.714. The zero-order valence-electron chi connectivity index (χ0n) is 6.79. The van der Waals surface area contributed by atoms with Gasteiger partial charge in [-0.15, -0.1) is 0 Å². The standard InChI is InChI=1S/C7H12N4O/c8-4-6-10-7(12-11-6)5-2-1-3-9-5/h5,9H,1-4,8H2/t5-/m1/s1. The molecule has 0 saturated carbocycles. The molecule has 0 aliphatic carbocycles. The lowest BCUT2D eigenvalue weighted by atomic mass is 10.2. The Morgan fingerprint density at radius 3 is 3.17 bits per heavy atom. The lowest BCUT2D eigenvalue weighted by molar-refractivity contribution is 0.341. The van der Waals surface area contributed by atoms with Crippen molar-refractivity contribution in [2.45, 2.75) is 25.4 Å². The summed E-state index contributed by atoms with van der Waals surface area (Å²) in [6, 6.07) is 0.248. The zero-order valence-corrected chi connectivity index (χ0v) is 6.79. The lowest BCUT2D eigenvalue weighted by Gasteiger charge is -2.00. The molecule has 1 atom stereocenters. The second kappa shape index (κ2) is 3.20. The molecule has 66 valence electrons. The molecule has 0 bridgehead atoms. The number of hydrogen-bond acceptors (Lipinski definition) is 5. The van der Waals surface area contributed by atoms with E-state index in [0.717, 1.165) is 13.0 Å². The minimum atomic E-state index is 0.248. The SMILES string of the molecule is NCc1noc([C@H]2CCCN2)n1. The highest BCUT2D eigenvalue weighted by atomic mass is 16.5. The van der Waals surface area contributed by atoms with Gasteiger partial charge in [0.1, 0.15) is 0 Å². The number of hydrogen-bond donors (Lipinski definition) is 2. The van der Waals surface area contributed by atoms with Crippen LogP contribution >= 0.6 is 0 Å². The molecular formula is C7H12N4O. The molecule has 1 aliphatic heterocycles. The first-order valence-corrected chi connectivity index (χ1v) is 4.16. The van der Waals surface area contributed by atoms with Crippen molar-refractivity contribution in [2.24, 2.45) is 5.73 Å². The van der Waals surface area contributed by atoms with E-state index in [9.17, 15) is 0 Å². The molecule has 5 heteroatoms. The first kappa shape index (κ1) is 7.70. The molecule has 1 aliphatic rings. The molecule has 1 aromatic heterocycles. The maximum absolute atomic E-state index is 5.36. The summed E-state index contributed by atoms with van der Waals surface area (Å²) in [6.07, 6.45) is 2.25. The van der Waals surface area contributed by atoms with Crippen molar-refractivity contribution in [1.29, 1.82) is 0 Å². The molecule has 0 unspecified atom stereocenters. The van der Waals surface area contributed by atoms with Gasteiger partial charge in [0.15, 0.2) is 5.82 Å². The van der Waals surface area contributed by atoms with Gasteiger partial charge in [0.25, 0.3) is 0 Å². The van der Waals surface area contributed by atoms with E-state index >= 15 is 0 Å². The Morgan fingerprint density at radius 1 is 1.67 bits per heavy atom. The van der Waals surface area contributed by atoms with Gasteiger partial charge in [-0.25, -0.2) is 0 Å². The normalized spacial score (nSPS) is 23.2. The maximum Gasteiger partial charge on any atom is 0.243 e. The molecule has 0 amide bonds. The highest BCUT2D eigenvalue weighted by Crippen LogP contribution is 2.20. The highest BCUT2D eigenvalue weighted by Gasteiger charge is 2.21. The zero-order chi connectivity index (χ0) is 8.39. The summed E-state index contributed by atoms with van der Waals surface area (Å²) in [4.78, 5) is 4.15. The minimum absolute atomic E-state index is 0.248. The Kier molecular flexibility index (Phi) is 2.05. The number of nitrogens with two attached hydrogens (primary N) is 1. The van der Waals surface area contributed by atoms with Crippen LogP contribution in [0.3, 0.4) is 0 Å². The van der Waals surface area contributed by atoms with Gasteiger partial charge in [0.2, 0.25) is 5.89 Å². The third kappa shape index (κ3) is 1.33. The van der Waals surface area contributed by atoms with Crippen LogP contribution in [0.15, 0.2) is 4.52 Å². The lowest BCUT2D eigenvalue weighted by Crippen LogP contribution is -2.13. The average molecular weight is 168 g/mol. The van der Waals surface area contributed by atoms with Crippen LogP contribution in [-0.2, 0) is 6.54 Å². The maximum atomic E-state index is 5.36. The summed E-state index contributed by atoms with van der Waals surface area (Å²) < 4.78 is 5.04. The van der Waals surface area contributed by atoms with Crippen LogP contribution in [0.2, 0.25) is 0 Å². The molecule has 3 N–H and O–H groups in total.